The standard InChI is InChI=1S/C13H28N2/c1-5-7-15(8-6-2)12-9-13(11(3)4)14-10-12/h11-14H,5-10H2,1-4H3. The second-order valence-corrected chi connectivity index (χ2v) is 5.18. The maximum atomic E-state index is 3.66. The lowest BCUT2D eigenvalue weighted by Crippen LogP contribution is -2.37. The molecule has 2 heteroatoms. The quantitative estimate of drug-likeness (QED) is 0.728. The van der Waals surface area contributed by atoms with Crippen LogP contribution in [0.5, 0.6) is 0 Å². The lowest BCUT2D eigenvalue weighted by molar-refractivity contribution is 0.204. The normalized spacial score (nSPS) is 26.8. The Labute approximate surface area is 95.4 Å². The van der Waals surface area contributed by atoms with Gasteiger partial charge < -0.3 is 5.32 Å². The molecule has 1 fully saturated rings. The minimum absolute atomic E-state index is 0.742. The molecule has 2 nitrogen and oxygen atoms in total. The van der Waals surface area contributed by atoms with Crippen LogP contribution in [0.25, 0.3) is 0 Å². The van der Waals surface area contributed by atoms with E-state index in [4.69, 9.17) is 0 Å². The van der Waals surface area contributed by atoms with Crippen molar-refractivity contribution in [2.75, 3.05) is 19.6 Å². The SMILES string of the molecule is CCCN(CCC)C1CNC(C(C)C)C1. The van der Waals surface area contributed by atoms with Crippen LogP contribution in [0.15, 0.2) is 0 Å². The molecule has 1 aliphatic rings. The second-order valence-electron chi connectivity index (χ2n) is 5.18. The Morgan fingerprint density at radius 2 is 1.80 bits per heavy atom. The summed E-state index contributed by atoms with van der Waals surface area (Å²) < 4.78 is 0. The Hall–Kier alpha value is -0.0800. The molecule has 0 saturated carbocycles. The topological polar surface area (TPSA) is 15.3 Å². The lowest BCUT2D eigenvalue weighted by Gasteiger charge is -2.27. The van der Waals surface area contributed by atoms with Crippen LogP contribution in [0.2, 0.25) is 0 Å². The van der Waals surface area contributed by atoms with Crippen LogP contribution in [0.3, 0.4) is 0 Å². The minimum Gasteiger partial charge on any atom is -0.312 e. The van der Waals surface area contributed by atoms with Crippen LogP contribution in [0, 0.1) is 5.92 Å². The molecular weight excluding hydrogens is 184 g/mol. The van der Waals surface area contributed by atoms with Crippen LogP contribution in [0.4, 0.5) is 0 Å². The largest absolute Gasteiger partial charge is 0.312 e. The van der Waals surface area contributed by atoms with Crippen LogP contribution in [0.1, 0.15) is 47.0 Å². The summed E-state index contributed by atoms with van der Waals surface area (Å²) in [6, 6.07) is 1.53. The number of rotatable bonds is 6. The van der Waals surface area contributed by atoms with Crippen molar-refractivity contribution in [2.24, 2.45) is 5.92 Å². The van der Waals surface area contributed by atoms with Gasteiger partial charge >= 0.3 is 0 Å². The molecular formula is C13H28N2. The summed E-state index contributed by atoms with van der Waals surface area (Å²) in [4.78, 5) is 2.68. The van der Waals surface area contributed by atoms with Gasteiger partial charge in [0.15, 0.2) is 0 Å². The van der Waals surface area contributed by atoms with Crippen molar-refractivity contribution in [1.82, 2.24) is 10.2 Å². The van der Waals surface area contributed by atoms with Crippen molar-refractivity contribution in [2.45, 2.75) is 59.0 Å². The van der Waals surface area contributed by atoms with Crippen LogP contribution >= 0.6 is 0 Å². The van der Waals surface area contributed by atoms with Crippen LogP contribution in [-0.2, 0) is 0 Å². The van der Waals surface area contributed by atoms with Gasteiger partial charge in [0.2, 0.25) is 0 Å². The van der Waals surface area contributed by atoms with Gasteiger partial charge in [-0.15, -0.1) is 0 Å². The van der Waals surface area contributed by atoms with Gasteiger partial charge in [-0.25, -0.2) is 0 Å². The first-order valence-corrected chi connectivity index (χ1v) is 6.66. The molecule has 0 amide bonds. The maximum absolute atomic E-state index is 3.66. The third-order valence-electron chi connectivity index (χ3n) is 3.48. The lowest BCUT2D eigenvalue weighted by atomic mass is 10.0. The highest BCUT2D eigenvalue weighted by molar-refractivity contribution is 4.89. The molecule has 1 N–H and O–H groups in total. The minimum atomic E-state index is 0.742. The van der Waals surface area contributed by atoms with Gasteiger partial charge in [-0.2, -0.15) is 0 Å². The van der Waals surface area contributed by atoms with E-state index >= 15 is 0 Å². The first-order valence-electron chi connectivity index (χ1n) is 6.66. The van der Waals surface area contributed by atoms with E-state index in [9.17, 15) is 0 Å². The summed E-state index contributed by atoms with van der Waals surface area (Å²) >= 11 is 0. The molecule has 1 rings (SSSR count). The summed E-state index contributed by atoms with van der Waals surface area (Å²) in [5, 5.41) is 3.66. The van der Waals surface area contributed by atoms with E-state index in [0.29, 0.717) is 0 Å². The summed E-state index contributed by atoms with van der Waals surface area (Å²) in [5.41, 5.74) is 0. The maximum Gasteiger partial charge on any atom is 0.0235 e. The molecule has 0 radical (unpaired) electrons. The predicted octanol–water partition coefficient (Wildman–Crippen LogP) is 2.49. The highest BCUT2D eigenvalue weighted by atomic mass is 15.2. The Kier molecular flexibility index (Phi) is 5.62. The second kappa shape index (κ2) is 6.49. The van der Waals surface area contributed by atoms with Crippen LogP contribution in [-0.4, -0.2) is 36.6 Å². The zero-order valence-electron chi connectivity index (χ0n) is 10.9. The molecule has 1 heterocycles. The van der Waals surface area contributed by atoms with E-state index in [1.54, 1.807) is 0 Å². The summed E-state index contributed by atoms with van der Waals surface area (Å²) in [5.74, 6) is 0.778. The van der Waals surface area contributed by atoms with Gasteiger partial charge in [-0.1, -0.05) is 27.7 Å². The highest BCUT2D eigenvalue weighted by Crippen LogP contribution is 2.19. The molecule has 0 aromatic heterocycles. The Balaban J connectivity index is 2.41. The van der Waals surface area contributed by atoms with Crippen molar-refractivity contribution < 1.29 is 0 Å². The van der Waals surface area contributed by atoms with E-state index in [-0.39, 0.29) is 0 Å². The number of hydrogen-bond acceptors (Lipinski definition) is 2. The molecule has 0 aromatic rings. The molecule has 0 bridgehead atoms. The summed E-state index contributed by atoms with van der Waals surface area (Å²) in [6.45, 7) is 12.9. The molecule has 2 atom stereocenters. The average molecular weight is 212 g/mol. The third kappa shape index (κ3) is 3.76. The molecule has 2 unspecified atom stereocenters. The van der Waals surface area contributed by atoms with Crippen LogP contribution < -0.4 is 5.32 Å². The fraction of sp³-hybridized carbons (Fsp3) is 1.00. The van der Waals surface area contributed by atoms with E-state index in [1.807, 2.05) is 0 Å². The number of nitrogens with zero attached hydrogens (tertiary/aromatic N) is 1. The average Bonchev–Trinajstić information content (AvgIpc) is 2.66. The van der Waals surface area contributed by atoms with E-state index in [2.05, 4.69) is 37.9 Å². The fourth-order valence-electron chi connectivity index (χ4n) is 2.58. The molecule has 0 spiro atoms. The van der Waals surface area contributed by atoms with E-state index in [0.717, 1.165) is 18.0 Å². The zero-order valence-corrected chi connectivity index (χ0v) is 10.9. The smallest absolute Gasteiger partial charge is 0.0235 e. The monoisotopic (exact) mass is 212 g/mol. The van der Waals surface area contributed by atoms with Gasteiger partial charge in [0.25, 0.3) is 0 Å². The van der Waals surface area contributed by atoms with Crippen molar-refractivity contribution in [3.63, 3.8) is 0 Å². The molecule has 15 heavy (non-hydrogen) atoms. The Bertz CT molecular complexity index is 162. The van der Waals surface area contributed by atoms with Crippen molar-refractivity contribution in [3.05, 3.63) is 0 Å². The molecule has 1 saturated heterocycles. The predicted molar refractivity (Wildman–Crippen MR) is 67.2 cm³/mol. The third-order valence-corrected chi connectivity index (χ3v) is 3.48. The van der Waals surface area contributed by atoms with E-state index < -0.39 is 0 Å². The fourth-order valence-corrected chi connectivity index (χ4v) is 2.58. The van der Waals surface area contributed by atoms with Gasteiger partial charge in [-0.3, -0.25) is 4.90 Å². The molecule has 0 aliphatic carbocycles. The Morgan fingerprint density at radius 1 is 1.20 bits per heavy atom. The Morgan fingerprint density at radius 3 is 2.20 bits per heavy atom. The molecule has 1 aliphatic heterocycles. The zero-order chi connectivity index (χ0) is 11.3. The summed E-state index contributed by atoms with van der Waals surface area (Å²) in [6.07, 6.45) is 3.91. The number of hydrogen-bond donors (Lipinski definition) is 1. The van der Waals surface area contributed by atoms with Crippen molar-refractivity contribution >= 4 is 0 Å². The van der Waals surface area contributed by atoms with Gasteiger partial charge in [0.05, 0.1) is 0 Å². The van der Waals surface area contributed by atoms with E-state index in [1.165, 1.54) is 38.9 Å². The van der Waals surface area contributed by atoms with Crippen molar-refractivity contribution in [1.29, 1.82) is 0 Å². The molecule has 0 aromatic carbocycles. The van der Waals surface area contributed by atoms with Gasteiger partial charge in [-0.05, 0) is 38.3 Å². The first-order chi connectivity index (χ1) is 7.19. The highest BCUT2D eigenvalue weighted by Gasteiger charge is 2.29. The van der Waals surface area contributed by atoms with Crippen molar-refractivity contribution in [3.8, 4) is 0 Å². The van der Waals surface area contributed by atoms with Gasteiger partial charge in [0, 0.05) is 18.6 Å². The number of nitrogens with one attached hydrogen (secondary N) is 1. The van der Waals surface area contributed by atoms with Gasteiger partial charge in [0.1, 0.15) is 0 Å². The first kappa shape index (κ1) is 13.0. The summed E-state index contributed by atoms with van der Waals surface area (Å²) in [7, 11) is 0. The molecule has 90 valence electrons.